The van der Waals surface area contributed by atoms with E-state index >= 15 is 0 Å². The Bertz CT molecular complexity index is 695. The molecule has 0 N–H and O–H groups in total. The molecule has 1 aliphatic heterocycles. The summed E-state index contributed by atoms with van der Waals surface area (Å²) in [5.74, 6) is -0.409. The number of halogens is 1. The maximum absolute atomic E-state index is 14.3. The number of carbonyl (C=O) groups is 1. The number of rotatable bonds is 3. The van der Waals surface area contributed by atoms with Crippen molar-refractivity contribution in [2.45, 2.75) is 13.8 Å². The zero-order valence-corrected chi connectivity index (χ0v) is 15.9. The van der Waals surface area contributed by atoms with Crippen molar-refractivity contribution in [3.05, 3.63) is 35.0 Å². The van der Waals surface area contributed by atoms with Crippen molar-refractivity contribution in [1.82, 2.24) is 9.88 Å². The van der Waals surface area contributed by atoms with Crippen LogP contribution in [0.1, 0.15) is 24.2 Å². The lowest BCUT2D eigenvalue weighted by Crippen LogP contribution is -2.44. The molecule has 0 aliphatic carbocycles. The lowest BCUT2D eigenvalue weighted by Gasteiger charge is -2.31. The molecule has 7 heteroatoms. The number of carbonyl (C=O) groups excluding carboxylic acids is 1. The molecule has 1 aromatic carbocycles. The van der Waals surface area contributed by atoms with Crippen molar-refractivity contribution in [3.8, 4) is 11.3 Å². The first-order chi connectivity index (χ1) is 12.1. The Morgan fingerprint density at radius 2 is 1.76 bits per heavy atom. The molecule has 0 spiro atoms. The largest absolute Gasteiger partial charge is 0.465 e. The Labute approximate surface area is 152 Å². The van der Waals surface area contributed by atoms with Gasteiger partial charge in [0, 0.05) is 31.7 Å². The number of hydrogen-bond acceptors (Lipinski definition) is 6. The maximum Gasteiger partial charge on any atom is 0.337 e. The number of aromatic nitrogens is 1. The monoisotopic (exact) mass is 365 g/mol. The van der Waals surface area contributed by atoms with Crippen molar-refractivity contribution in [2.75, 3.05) is 45.2 Å². The summed E-state index contributed by atoms with van der Waals surface area (Å²) in [6, 6.07) is 6.63. The lowest BCUT2D eigenvalue weighted by molar-refractivity contribution is 0.0601. The van der Waals surface area contributed by atoms with Crippen LogP contribution in [-0.2, 0) is 4.74 Å². The molecule has 0 saturated carbocycles. The molecule has 1 aliphatic rings. The third-order valence-electron chi connectivity index (χ3n) is 3.93. The van der Waals surface area contributed by atoms with Gasteiger partial charge in [0.2, 0.25) is 5.13 Å². The van der Waals surface area contributed by atoms with E-state index in [0.717, 1.165) is 37.5 Å². The number of piperazine rings is 1. The summed E-state index contributed by atoms with van der Waals surface area (Å²) >= 11 is 1.07. The molecule has 5 nitrogen and oxygen atoms in total. The van der Waals surface area contributed by atoms with Gasteiger partial charge in [-0.05, 0) is 19.2 Å². The van der Waals surface area contributed by atoms with E-state index in [1.165, 1.54) is 7.11 Å². The Kier molecular flexibility index (Phi) is 6.90. The predicted octanol–water partition coefficient (Wildman–Crippen LogP) is 3.51. The average Bonchev–Trinajstić information content (AvgIpc) is 3.05. The van der Waals surface area contributed by atoms with Crippen LogP contribution in [0.25, 0.3) is 11.3 Å². The van der Waals surface area contributed by atoms with E-state index in [2.05, 4.69) is 26.6 Å². The summed E-state index contributed by atoms with van der Waals surface area (Å²) in [5.41, 5.74) is 1.43. The normalized spacial score (nSPS) is 14.7. The van der Waals surface area contributed by atoms with Crippen LogP contribution in [0.5, 0.6) is 0 Å². The summed E-state index contributed by atoms with van der Waals surface area (Å²) in [6.45, 7) is 7.60. The van der Waals surface area contributed by atoms with E-state index in [9.17, 15) is 9.18 Å². The Balaban J connectivity index is 0.00000109. The van der Waals surface area contributed by atoms with Crippen molar-refractivity contribution >= 4 is 22.4 Å². The first-order valence-electron chi connectivity index (χ1n) is 8.37. The highest BCUT2D eigenvalue weighted by molar-refractivity contribution is 7.14. The highest BCUT2D eigenvalue weighted by atomic mass is 32.1. The van der Waals surface area contributed by atoms with Crippen LogP contribution in [0, 0.1) is 5.13 Å². The molecule has 0 radical (unpaired) electrons. The Morgan fingerprint density at radius 3 is 2.32 bits per heavy atom. The SMILES string of the molecule is CC.COC(=O)c1ccc(-c2nc(N3CCN(C)CC3)sc2F)cc1. The van der Waals surface area contributed by atoms with E-state index in [-0.39, 0.29) is 5.13 Å². The van der Waals surface area contributed by atoms with Crippen molar-refractivity contribution in [1.29, 1.82) is 0 Å². The summed E-state index contributed by atoms with van der Waals surface area (Å²) in [7, 11) is 3.41. The molecule has 0 bridgehead atoms. The van der Waals surface area contributed by atoms with Gasteiger partial charge in [0.25, 0.3) is 0 Å². The highest BCUT2D eigenvalue weighted by Gasteiger charge is 2.21. The highest BCUT2D eigenvalue weighted by Crippen LogP contribution is 2.32. The van der Waals surface area contributed by atoms with E-state index < -0.39 is 5.97 Å². The van der Waals surface area contributed by atoms with Gasteiger partial charge in [-0.15, -0.1) is 0 Å². The summed E-state index contributed by atoms with van der Waals surface area (Å²) in [4.78, 5) is 20.3. The van der Waals surface area contributed by atoms with Gasteiger partial charge in [0.15, 0.2) is 5.13 Å². The second-order valence-electron chi connectivity index (χ2n) is 5.48. The third kappa shape index (κ3) is 4.55. The van der Waals surface area contributed by atoms with Crippen LogP contribution in [0.4, 0.5) is 9.52 Å². The molecule has 1 fully saturated rings. The molecule has 0 atom stereocenters. The lowest BCUT2D eigenvalue weighted by atomic mass is 10.1. The molecular formula is C18H24FN3O2S. The molecule has 2 aromatic rings. The number of likely N-dealkylation sites (N-methyl/N-ethyl adjacent to an activating group) is 1. The molecular weight excluding hydrogens is 341 g/mol. The van der Waals surface area contributed by atoms with E-state index in [4.69, 9.17) is 0 Å². The zero-order valence-electron chi connectivity index (χ0n) is 15.1. The number of nitrogens with zero attached hydrogens (tertiary/aromatic N) is 3. The standard InChI is InChI=1S/C16H18FN3O2S.C2H6/c1-19-7-9-20(10-8-19)16-18-13(14(17)23-16)11-3-5-12(6-4-11)15(21)22-2;1-2/h3-6H,7-10H2,1-2H3;1-2H3. The van der Waals surface area contributed by atoms with Crippen LogP contribution >= 0.6 is 11.3 Å². The second kappa shape index (κ2) is 8.92. The second-order valence-corrected chi connectivity index (χ2v) is 6.41. The topological polar surface area (TPSA) is 45.7 Å². The van der Waals surface area contributed by atoms with Crippen LogP contribution in [0.2, 0.25) is 0 Å². The number of benzene rings is 1. The Hall–Kier alpha value is -1.99. The van der Waals surface area contributed by atoms with Crippen molar-refractivity contribution in [3.63, 3.8) is 0 Å². The number of thiazole rings is 1. The summed E-state index contributed by atoms with van der Waals surface area (Å²) in [5, 5.41) is 0.410. The maximum atomic E-state index is 14.3. The smallest absolute Gasteiger partial charge is 0.337 e. The van der Waals surface area contributed by atoms with Gasteiger partial charge in [0.05, 0.1) is 12.7 Å². The van der Waals surface area contributed by atoms with Crippen LogP contribution in [-0.4, -0.2) is 56.2 Å². The van der Waals surface area contributed by atoms with Crippen molar-refractivity contribution in [2.24, 2.45) is 0 Å². The summed E-state index contributed by atoms with van der Waals surface area (Å²) in [6.07, 6.45) is 0. The quantitative estimate of drug-likeness (QED) is 0.779. The molecule has 1 saturated heterocycles. The molecule has 1 aromatic heterocycles. The van der Waals surface area contributed by atoms with E-state index in [1.807, 2.05) is 13.8 Å². The van der Waals surface area contributed by atoms with Crippen molar-refractivity contribution < 1.29 is 13.9 Å². The fourth-order valence-electron chi connectivity index (χ4n) is 2.48. The van der Waals surface area contributed by atoms with E-state index in [0.29, 0.717) is 22.0 Å². The minimum atomic E-state index is -0.409. The first kappa shape index (κ1) is 19.3. The van der Waals surface area contributed by atoms with Gasteiger partial charge in [-0.25, -0.2) is 9.78 Å². The number of ether oxygens (including phenoxy) is 1. The van der Waals surface area contributed by atoms with Gasteiger partial charge in [-0.3, -0.25) is 0 Å². The number of esters is 1. The van der Waals surface area contributed by atoms with Crippen LogP contribution < -0.4 is 4.90 Å². The van der Waals surface area contributed by atoms with Gasteiger partial charge < -0.3 is 14.5 Å². The van der Waals surface area contributed by atoms with Gasteiger partial charge in [-0.1, -0.05) is 37.3 Å². The first-order valence-corrected chi connectivity index (χ1v) is 9.18. The van der Waals surface area contributed by atoms with Crippen LogP contribution in [0.15, 0.2) is 24.3 Å². The number of methoxy groups -OCH3 is 1. The fraction of sp³-hybridized carbons (Fsp3) is 0.444. The minimum Gasteiger partial charge on any atom is -0.465 e. The minimum absolute atomic E-state index is 0.301. The number of anilines is 1. The fourth-order valence-corrected chi connectivity index (χ4v) is 3.35. The molecule has 0 amide bonds. The molecule has 25 heavy (non-hydrogen) atoms. The zero-order chi connectivity index (χ0) is 18.4. The van der Waals surface area contributed by atoms with Gasteiger partial charge in [0.1, 0.15) is 5.69 Å². The average molecular weight is 365 g/mol. The number of hydrogen-bond donors (Lipinski definition) is 0. The van der Waals surface area contributed by atoms with E-state index in [1.54, 1.807) is 24.3 Å². The predicted molar refractivity (Wildman–Crippen MR) is 99.9 cm³/mol. The third-order valence-corrected chi connectivity index (χ3v) is 4.83. The molecule has 0 unspecified atom stereocenters. The summed E-state index contributed by atoms with van der Waals surface area (Å²) < 4.78 is 18.9. The van der Waals surface area contributed by atoms with Gasteiger partial charge in [-0.2, -0.15) is 4.39 Å². The molecule has 3 rings (SSSR count). The Morgan fingerprint density at radius 1 is 1.16 bits per heavy atom. The van der Waals surface area contributed by atoms with Crippen LogP contribution in [0.3, 0.4) is 0 Å². The molecule has 2 heterocycles. The van der Waals surface area contributed by atoms with Gasteiger partial charge >= 0.3 is 5.97 Å². The molecule has 136 valence electrons.